The number of anilines is 2. The van der Waals surface area contributed by atoms with Crippen molar-refractivity contribution in [2.75, 3.05) is 17.6 Å². The fourth-order valence-electron chi connectivity index (χ4n) is 2.71. The Kier molecular flexibility index (Phi) is 3.00. The Bertz CT molecular complexity index is 485. The number of pyridine rings is 1. The lowest BCUT2D eigenvalue weighted by Crippen LogP contribution is -2.19. The topological polar surface area (TPSA) is 94.1 Å². The fraction of sp³-hybridized carbons (Fsp3) is 0.615. The van der Waals surface area contributed by atoms with Crippen LogP contribution in [0.3, 0.4) is 0 Å². The molecule has 0 aliphatic heterocycles. The number of nitrogens with one attached hydrogen (secondary N) is 1. The average molecular weight is 262 g/mol. The molecule has 0 bridgehead atoms. The predicted octanol–water partition coefficient (Wildman–Crippen LogP) is 2.42. The van der Waals surface area contributed by atoms with Gasteiger partial charge in [0.05, 0.1) is 4.92 Å². The summed E-state index contributed by atoms with van der Waals surface area (Å²) < 4.78 is 0. The van der Waals surface area contributed by atoms with Crippen molar-refractivity contribution in [3.63, 3.8) is 0 Å². The monoisotopic (exact) mass is 262 g/mol. The van der Waals surface area contributed by atoms with Crippen molar-refractivity contribution < 1.29 is 4.92 Å². The number of nitrogens with zero attached hydrogens (tertiary/aromatic N) is 2. The molecule has 6 heteroatoms. The lowest BCUT2D eigenvalue weighted by atomic mass is 9.98. The first kappa shape index (κ1) is 12.2. The van der Waals surface area contributed by atoms with Crippen LogP contribution in [0.4, 0.5) is 17.3 Å². The van der Waals surface area contributed by atoms with Gasteiger partial charge >= 0.3 is 5.69 Å². The van der Waals surface area contributed by atoms with E-state index in [0.717, 1.165) is 24.3 Å². The summed E-state index contributed by atoms with van der Waals surface area (Å²) in [6.45, 7) is 0.902. The number of hydrogen-bond donors (Lipinski definition) is 2. The second-order valence-electron chi connectivity index (χ2n) is 5.58. The van der Waals surface area contributed by atoms with E-state index in [0.29, 0.717) is 5.82 Å². The first-order valence-electron chi connectivity index (χ1n) is 6.80. The van der Waals surface area contributed by atoms with Gasteiger partial charge in [-0.25, -0.2) is 4.98 Å². The Morgan fingerprint density at radius 1 is 1.37 bits per heavy atom. The van der Waals surface area contributed by atoms with E-state index in [1.807, 2.05) is 0 Å². The lowest BCUT2D eigenvalue weighted by Gasteiger charge is -2.16. The Labute approximate surface area is 111 Å². The van der Waals surface area contributed by atoms with Gasteiger partial charge < -0.3 is 11.1 Å². The van der Waals surface area contributed by atoms with E-state index in [1.54, 1.807) is 6.07 Å². The van der Waals surface area contributed by atoms with Gasteiger partial charge in [0.1, 0.15) is 5.82 Å². The average Bonchev–Trinajstić information content (AvgIpc) is 3.23. The third-order valence-electron chi connectivity index (χ3n) is 4.07. The zero-order chi connectivity index (χ0) is 13.4. The van der Waals surface area contributed by atoms with Crippen LogP contribution < -0.4 is 11.1 Å². The molecule has 2 aliphatic rings. The minimum absolute atomic E-state index is 0.0237. The summed E-state index contributed by atoms with van der Waals surface area (Å²) in [4.78, 5) is 14.2. The zero-order valence-electron chi connectivity index (χ0n) is 10.7. The first-order valence-corrected chi connectivity index (χ1v) is 6.80. The lowest BCUT2D eigenvalue weighted by molar-refractivity contribution is -0.384. The Hall–Kier alpha value is -1.85. The molecule has 19 heavy (non-hydrogen) atoms. The maximum Gasteiger partial charge on any atom is 0.311 e. The molecule has 0 amide bonds. The van der Waals surface area contributed by atoms with Gasteiger partial charge in [0.15, 0.2) is 0 Å². The summed E-state index contributed by atoms with van der Waals surface area (Å²) in [6.07, 6.45) is 5.38. The highest BCUT2D eigenvalue weighted by molar-refractivity contribution is 5.57. The molecule has 0 saturated heterocycles. The van der Waals surface area contributed by atoms with Crippen LogP contribution in [-0.2, 0) is 0 Å². The molecule has 1 aromatic rings. The molecule has 102 valence electrons. The maximum atomic E-state index is 10.7. The van der Waals surface area contributed by atoms with Crippen molar-refractivity contribution in [3.8, 4) is 0 Å². The number of hydrogen-bond acceptors (Lipinski definition) is 5. The van der Waals surface area contributed by atoms with Gasteiger partial charge in [0.25, 0.3) is 0 Å². The molecular weight excluding hydrogens is 244 g/mol. The van der Waals surface area contributed by atoms with Gasteiger partial charge in [-0.3, -0.25) is 10.1 Å². The SMILES string of the molecule is Nc1nc(NCC(C2CC2)C2CC2)ccc1[N+](=O)[O-]. The van der Waals surface area contributed by atoms with E-state index in [9.17, 15) is 10.1 Å². The summed E-state index contributed by atoms with van der Waals surface area (Å²) in [6, 6.07) is 3.04. The summed E-state index contributed by atoms with van der Waals surface area (Å²) in [5.74, 6) is 3.09. The van der Waals surface area contributed by atoms with Crippen molar-refractivity contribution in [2.45, 2.75) is 25.7 Å². The molecule has 2 fully saturated rings. The van der Waals surface area contributed by atoms with Crippen LogP contribution in [0.5, 0.6) is 0 Å². The molecule has 3 rings (SSSR count). The van der Waals surface area contributed by atoms with Crippen molar-refractivity contribution >= 4 is 17.3 Å². The van der Waals surface area contributed by atoms with Crippen LogP contribution >= 0.6 is 0 Å². The molecule has 2 saturated carbocycles. The molecule has 0 atom stereocenters. The minimum Gasteiger partial charge on any atom is -0.378 e. The van der Waals surface area contributed by atoms with Gasteiger partial charge in [-0.05, 0) is 49.5 Å². The maximum absolute atomic E-state index is 10.7. The number of rotatable bonds is 6. The highest BCUT2D eigenvalue weighted by Gasteiger charge is 2.41. The molecule has 2 aliphatic carbocycles. The number of aromatic nitrogens is 1. The highest BCUT2D eigenvalue weighted by atomic mass is 16.6. The summed E-state index contributed by atoms with van der Waals surface area (Å²) >= 11 is 0. The van der Waals surface area contributed by atoms with Crippen molar-refractivity contribution in [1.29, 1.82) is 0 Å². The predicted molar refractivity (Wildman–Crippen MR) is 72.7 cm³/mol. The standard InChI is InChI=1S/C13H18N4O2/c14-13-11(17(18)19)5-6-12(16-13)15-7-10(8-1-2-8)9-3-4-9/h5-6,8-10H,1-4,7H2,(H3,14,15,16). The zero-order valence-corrected chi connectivity index (χ0v) is 10.7. The molecule has 0 radical (unpaired) electrons. The van der Waals surface area contributed by atoms with Crippen molar-refractivity contribution in [3.05, 3.63) is 22.2 Å². The number of nitrogens with two attached hydrogens (primary N) is 1. The first-order chi connectivity index (χ1) is 9.15. The fourth-order valence-corrected chi connectivity index (χ4v) is 2.71. The van der Waals surface area contributed by atoms with Crippen LogP contribution in [0.25, 0.3) is 0 Å². The Balaban J connectivity index is 1.63. The van der Waals surface area contributed by atoms with Crippen molar-refractivity contribution in [2.24, 2.45) is 17.8 Å². The van der Waals surface area contributed by atoms with Crippen LogP contribution in [0, 0.1) is 27.9 Å². The largest absolute Gasteiger partial charge is 0.378 e. The molecule has 1 aromatic heterocycles. The van der Waals surface area contributed by atoms with Gasteiger partial charge in [-0.1, -0.05) is 0 Å². The van der Waals surface area contributed by atoms with Crippen LogP contribution in [0.1, 0.15) is 25.7 Å². The van der Waals surface area contributed by atoms with E-state index in [-0.39, 0.29) is 11.5 Å². The summed E-state index contributed by atoms with van der Waals surface area (Å²) in [5, 5.41) is 13.9. The van der Waals surface area contributed by atoms with E-state index in [2.05, 4.69) is 10.3 Å². The van der Waals surface area contributed by atoms with Crippen LogP contribution in [0.15, 0.2) is 12.1 Å². The summed E-state index contributed by atoms with van der Waals surface area (Å²) in [7, 11) is 0. The Morgan fingerprint density at radius 3 is 2.47 bits per heavy atom. The number of nitro groups is 1. The normalized spacial score (nSPS) is 18.6. The van der Waals surface area contributed by atoms with Gasteiger partial charge in [-0.15, -0.1) is 0 Å². The second kappa shape index (κ2) is 4.68. The van der Waals surface area contributed by atoms with E-state index >= 15 is 0 Å². The molecule has 0 spiro atoms. The third-order valence-corrected chi connectivity index (χ3v) is 4.07. The van der Waals surface area contributed by atoms with Crippen molar-refractivity contribution in [1.82, 2.24) is 4.98 Å². The molecule has 1 heterocycles. The van der Waals surface area contributed by atoms with Gasteiger partial charge in [-0.2, -0.15) is 0 Å². The van der Waals surface area contributed by atoms with Crippen LogP contribution in [-0.4, -0.2) is 16.5 Å². The molecule has 0 unspecified atom stereocenters. The smallest absolute Gasteiger partial charge is 0.311 e. The molecular formula is C13H18N4O2. The molecule has 3 N–H and O–H groups in total. The van der Waals surface area contributed by atoms with E-state index < -0.39 is 4.92 Å². The minimum atomic E-state index is -0.511. The van der Waals surface area contributed by atoms with Crippen LogP contribution in [0.2, 0.25) is 0 Å². The molecule has 0 aromatic carbocycles. The third kappa shape index (κ3) is 2.77. The highest BCUT2D eigenvalue weighted by Crippen LogP contribution is 2.49. The van der Waals surface area contributed by atoms with Gasteiger partial charge in [0, 0.05) is 12.6 Å². The summed E-state index contributed by atoms with van der Waals surface area (Å²) in [5.41, 5.74) is 5.45. The Morgan fingerprint density at radius 2 is 2.00 bits per heavy atom. The van der Waals surface area contributed by atoms with E-state index in [4.69, 9.17) is 5.73 Å². The number of nitrogen functional groups attached to an aromatic ring is 1. The molecule has 6 nitrogen and oxygen atoms in total. The van der Waals surface area contributed by atoms with E-state index in [1.165, 1.54) is 31.7 Å². The quantitative estimate of drug-likeness (QED) is 0.606. The van der Waals surface area contributed by atoms with Gasteiger partial charge in [0.2, 0.25) is 5.82 Å². The second-order valence-corrected chi connectivity index (χ2v) is 5.58.